The van der Waals surface area contributed by atoms with Gasteiger partial charge in [0, 0.05) is 12.6 Å². The molecule has 0 aliphatic heterocycles. The maximum Gasteiger partial charge on any atom is 0.239 e. The first-order valence-corrected chi connectivity index (χ1v) is 6.24. The summed E-state index contributed by atoms with van der Waals surface area (Å²) in [6, 6.07) is 10.6. The highest BCUT2D eigenvalue weighted by atomic mass is 16.2. The second-order valence-electron chi connectivity index (χ2n) is 4.69. The number of hydrogen-bond acceptors (Lipinski definition) is 2. The summed E-state index contributed by atoms with van der Waals surface area (Å²) in [7, 11) is 1.83. The van der Waals surface area contributed by atoms with E-state index in [0.717, 1.165) is 19.4 Å². The van der Waals surface area contributed by atoms with Gasteiger partial charge in [0.25, 0.3) is 0 Å². The number of hydrogen-bond donors (Lipinski definition) is 1. The minimum absolute atomic E-state index is 0.0979. The normalized spacial score (nSPS) is 16.6. The van der Waals surface area contributed by atoms with Gasteiger partial charge in [-0.25, -0.2) is 0 Å². The molecule has 0 bridgehead atoms. The van der Waals surface area contributed by atoms with Gasteiger partial charge in [0.05, 0.1) is 6.04 Å². The molecule has 1 atom stereocenters. The van der Waals surface area contributed by atoms with Crippen LogP contribution in [-0.2, 0) is 11.3 Å². The fourth-order valence-electron chi connectivity index (χ4n) is 1.93. The molecule has 2 rings (SSSR count). The lowest BCUT2D eigenvalue weighted by Crippen LogP contribution is -2.44. The van der Waals surface area contributed by atoms with Gasteiger partial charge in [0.15, 0.2) is 0 Å². The molecule has 3 nitrogen and oxygen atoms in total. The summed E-state index contributed by atoms with van der Waals surface area (Å²) >= 11 is 0. The van der Waals surface area contributed by atoms with Crippen LogP contribution < -0.4 is 5.32 Å². The van der Waals surface area contributed by atoms with E-state index in [2.05, 4.69) is 17.4 Å². The van der Waals surface area contributed by atoms with Gasteiger partial charge in [-0.1, -0.05) is 30.3 Å². The Morgan fingerprint density at radius 1 is 1.41 bits per heavy atom. The number of amides is 1. The quantitative estimate of drug-likeness (QED) is 0.839. The van der Waals surface area contributed by atoms with Crippen LogP contribution in [0.4, 0.5) is 0 Å². The first-order valence-electron chi connectivity index (χ1n) is 6.24. The Morgan fingerprint density at radius 2 is 2.06 bits per heavy atom. The molecule has 1 aliphatic carbocycles. The van der Waals surface area contributed by atoms with Gasteiger partial charge in [-0.3, -0.25) is 4.79 Å². The molecule has 92 valence electrons. The molecule has 1 aromatic carbocycles. The van der Waals surface area contributed by atoms with E-state index >= 15 is 0 Å². The van der Waals surface area contributed by atoms with Crippen molar-refractivity contribution in [2.24, 2.45) is 0 Å². The van der Waals surface area contributed by atoms with Crippen LogP contribution in [0.1, 0.15) is 25.3 Å². The van der Waals surface area contributed by atoms with Crippen LogP contribution >= 0.6 is 0 Å². The predicted molar refractivity (Wildman–Crippen MR) is 68.5 cm³/mol. The van der Waals surface area contributed by atoms with E-state index in [-0.39, 0.29) is 11.9 Å². The van der Waals surface area contributed by atoms with Gasteiger partial charge < -0.3 is 10.2 Å². The van der Waals surface area contributed by atoms with Gasteiger partial charge in [-0.15, -0.1) is 0 Å². The van der Waals surface area contributed by atoms with Crippen LogP contribution in [-0.4, -0.2) is 29.9 Å². The third-order valence-electron chi connectivity index (χ3n) is 3.27. The lowest BCUT2D eigenvalue weighted by atomic mass is 10.2. The second-order valence-corrected chi connectivity index (χ2v) is 4.69. The molecule has 1 saturated carbocycles. The Labute approximate surface area is 103 Å². The molecule has 0 radical (unpaired) electrons. The summed E-state index contributed by atoms with van der Waals surface area (Å²) in [5.74, 6) is 0.207. The van der Waals surface area contributed by atoms with E-state index in [1.54, 1.807) is 0 Å². The smallest absolute Gasteiger partial charge is 0.239 e. The van der Waals surface area contributed by atoms with Crippen molar-refractivity contribution >= 4 is 5.91 Å². The third-order valence-corrected chi connectivity index (χ3v) is 3.27. The number of carbonyl (C=O) groups is 1. The number of carbonyl (C=O) groups excluding carboxylic acids is 1. The molecule has 1 N–H and O–H groups in total. The molecular formula is C14H20N2O. The summed E-state index contributed by atoms with van der Waals surface area (Å²) in [4.78, 5) is 14.2. The zero-order valence-corrected chi connectivity index (χ0v) is 10.5. The molecule has 0 heterocycles. The van der Waals surface area contributed by atoms with Crippen LogP contribution in [0.5, 0.6) is 0 Å². The van der Waals surface area contributed by atoms with E-state index < -0.39 is 0 Å². The number of likely N-dealkylation sites (N-methyl/N-ethyl adjacent to an activating group) is 1. The first kappa shape index (κ1) is 12.1. The molecule has 17 heavy (non-hydrogen) atoms. The Balaban J connectivity index is 2.05. The van der Waals surface area contributed by atoms with E-state index in [1.165, 1.54) is 5.56 Å². The molecular weight excluding hydrogens is 212 g/mol. The van der Waals surface area contributed by atoms with Crippen molar-refractivity contribution in [1.82, 2.24) is 10.2 Å². The van der Waals surface area contributed by atoms with Crippen LogP contribution in [0, 0.1) is 0 Å². The highest BCUT2D eigenvalue weighted by Crippen LogP contribution is 2.28. The zero-order valence-electron chi connectivity index (χ0n) is 10.5. The van der Waals surface area contributed by atoms with Crippen molar-refractivity contribution in [3.05, 3.63) is 35.9 Å². The van der Waals surface area contributed by atoms with Gasteiger partial charge in [0.2, 0.25) is 5.91 Å². The van der Waals surface area contributed by atoms with E-state index in [1.807, 2.05) is 37.1 Å². The molecule has 0 aromatic heterocycles. The summed E-state index contributed by atoms with van der Waals surface area (Å²) in [6.07, 6.45) is 2.30. The average molecular weight is 232 g/mol. The van der Waals surface area contributed by atoms with E-state index in [4.69, 9.17) is 0 Å². The lowest BCUT2D eigenvalue weighted by Gasteiger charge is -2.25. The number of benzene rings is 1. The van der Waals surface area contributed by atoms with Crippen molar-refractivity contribution in [3.63, 3.8) is 0 Å². The van der Waals surface area contributed by atoms with Crippen LogP contribution in [0.3, 0.4) is 0 Å². The average Bonchev–Trinajstić information content (AvgIpc) is 3.19. The standard InChI is InChI=1S/C14H20N2O/c1-11(15-2)14(17)16(13-8-9-13)10-12-6-4-3-5-7-12/h3-7,11,13,15H,8-10H2,1-2H3. The van der Waals surface area contributed by atoms with Crippen molar-refractivity contribution < 1.29 is 4.79 Å². The molecule has 1 aliphatic rings. The molecule has 1 aromatic rings. The second kappa shape index (κ2) is 5.32. The monoisotopic (exact) mass is 232 g/mol. The minimum atomic E-state index is -0.0979. The highest BCUT2D eigenvalue weighted by Gasteiger charge is 2.33. The first-order chi connectivity index (χ1) is 8.22. The summed E-state index contributed by atoms with van der Waals surface area (Å²) in [5, 5.41) is 3.02. The Bertz CT molecular complexity index is 373. The zero-order chi connectivity index (χ0) is 12.3. The molecule has 1 fully saturated rings. The predicted octanol–water partition coefficient (Wildman–Crippen LogP) is 1.79. The van der Waals surface area contributed by atoms with Crippen molar-refractivity contribution in [1.29, 1.82) is 0 Å². The van der Waals surface area contributed by atoms with Crippen molar-refractivity contribution in [2.75, 3.05) is 7.05 Å². The minimum Gasteiger partial charge on any atom is -0.334 e. The van der Waals surface area contributed by atoms with Gasteiger partial charge >= 0.3 is 0 Å². The van der Waals surface area contributed by atoms with E-state index in [0.29, 0.717) is 6.04 Å². The Kier molecular flexibility index (Phi) is 3.79. The molecule has 3 heteroatoms. The molecule has 0 saturated heterocycles. The van der Waals surface area contributed by atoms with Crippen molar-refractivity contribution in [3.8, 4) is 0 Å². The number of nitrogens with one attached hydrogen (secondary N) is 1. The fraction of sp³-hybridized carbons (Fsp3) is 0.500. The number of rotatable bonds is 5. The lowest BCUT2D eigenvalue weighted by molar-refractivity contribution is -0.134. The van der Waals surface area contributed by atoms with E-state index in [9.17, 15) is 4.79 Å². The fourth-order valence-corrected chi connectivity index (χ4v) is 1.93. The SMILES string of the molecule is CNC(C)C(=O)N(Cc1ccccc1)C1CC1. The Morgan fingerprint density at radius 3 is 2.59 bits per heavy atom. The summed E-state index contributed by atoms with van der Waals surface area (Å²) in [6.45, 7) is 2.65. The molecule has 1 unspecified atom stereocenters. The maximum absolute atomic E-state index is 12.2. The number of nitrogens with zero attached hydrogens (tertiary/aromatic N) is 1. The topological polar surface area (TPSA) is 32.3 Å². The van der Waals surface area contributed by atoms with Crippen molar-refractivity contribution in [2.45, 2.75) is 38.4 Å². The van der Waals surface area contributed by atoms with Gasteiger partial charge in [0.1, 0.15) is 0 Å². The van der Waals surface area contributed by atoms with Crippen LogP contribution in [0.2, 0.25) is 0 Å². The largest absolute Gasteiger partial charge is 0.334 e. The molecule has 1 amide bonds. The molecule has 0 spiro atoms. The van der Waals surface area contributed by atoms with Crippen LogP contribution in [0.15, 0.2) is 30.3 Å². The Hall–Kier alpha value is -1.35. The summed E-state index contributed by atoms with van der Waals surface area (Å²) in [5.41, 5.74) is 1.20. The highest BCUT2D eigenvalue weighted by molar-refractivity contribution is 5.82. The summed E-state index contributed by atoms with van der Waals surface area (Å²) < 4.78 is 0. The van der Waals surface area contributed by atoms with Gasteiger partial charge in [-0.05, 0) is 32.4 Å². The maximum atomic E-state index is 12.2. The third kappa shape index (κ3) is 3.07. The van der Waals surface area contributed by atoms with Crippen LogP contribution in [0.25, 0.3) is 0 Å². The van der Waals surface area contributed by atoms with Gasteiger partial charge in [-0.2, -0.15) is 0 Å².